The van der Waals surface area contributed by atoms with Crippen molar-refractivity contribution in [2.45, 2.75) is 48.5 Å². The molecule has 0 bridgehead atoms. The molecule has 1 heterocycles. The van der Waals surface area contributed by atoms with Gasteiger partial charge in [0.2, 0.25) is 0 Å². The molecule has 0 spiro atoms. The lowest BCUT2D eigenvalue weighted by atomic mass is 10.0. The number of aliphatic imine (C=N–C) groups is 1. The largest absolute Gasteiger partial charge is 0.396 e. The third-order valence-electron chi connectivity index (χ3n) is 3.32. The minimum Gasteiger partial charge on any atom is -0.396 e. The number of aryl methyl sites for hydroxylation is 1. The second kappa shape index (κ2) is 15.3. The van der Waals surface area contributed by atoms with Crippen molar-refractivity contribution in [3.63, 3.8) is 0 Å². The number of rotatable bonds is 3. The summed E-state index contributed by atoms with van der Waals surface area (Å²) in [6.45, 7) is 17.6. The van der Waals surface area contributed by atoms with Gasteiger partial charge in [0.1, 0.15) is 0 Å². The molecule has 2 N–H and O–H groups in total. The zero-order valence-electron chi connectivity index (χ0n) is 19.0. The zero-order chi connectivity index (χ0) is 22.2. The van der Waals surface area contributed by atoms with E-state index in [1.165, 1.54) is 22.3 Å². The van der Waals surface area contributed by atoms with Crippen LogP contribution in [-0.2, 0) is 0 Å². The summed E-state index contributed by atoms with van der Waals surface area (Å²) < 4.78 is 0. The van der Waals surface area contributed by atoms with Crippen molar-refractivity contribution in [3.05, 3.63) is 82.6 Å². The Morgan fingerprint density at radius 3 is 1.72 bits per heavy atom. The summed E-state index contributed by atoms with van der Waals surface area (Å²) in [6, 6.07) is 16.9. The van der Waals surface area contributed by atoms with E-state index >= 15 is 0 Å². The van der Waals surface area contributed by atoms with Crippen LogP contribution in [0.4, 0.5) is 11.4 Å². The van der Waals surface area contributed by atoms with E-state index in [2.05, 4.69) is 67.0 Å². The Bertz CT molecular complexity index is 837. The molecule has 156 valence electrons. The maximum absolute atomic E-state index is 5.81. The summed E-state index contributed by atoms with van der Waals surface area (Å²) in [4.78, 5) is 4.41. The van der Waals surface area contributed by atoms with Crippen LogP contribution in [0.25, 0.3) is 11.1 Å². The van der Waals surface area contributed by atoms with Gasteiger partial charge in [0.15, 0.2) is 0 Å². The van der Waals surface area contributed by atoms with Gasteiger partial charge < -0.3 is 5.73 Å². The maximum Gasteiger partial charge on any atom is 0.0966 e. The van der Waals surface area contributed by atoms with Crippen molar-refractivity contribution in [1.82, 2.24) is 0 Å². The summed E-state index contributed by atoms with van der Waals surface area (Å²) in [7, 11) is 0. The van der Waals surface area contributed by atoms with Crippen molar-refractivity contribution >= 4 is 28.9 Å². The predicted octanol–water partition coefficient (Wildman–Crippen LogP) is 8.69. The summed E-state index contributed by atoms with van der Waals surface area (Å²) in [5.41, 5.74) is 13.3. The second-order valence-corrected chi connectivity index (χ2v) is 6.91. The highest BCUT2D eigenvalue weighted by Gasteiger charge is 1.98. The minimum atomic E-state index is 0.729. The van der Waals surface area contributed by atoms with E-state index < -0.39 is 0 Å². The van der Waals surface area contributed by atoms with E-state index in [0.29, 0.717) is 0 Å². The molecule has 0 radical (unpaired) electrons. The third-order valence-corrected chi connectivity index (χ3v) is 4.07. The van der Waals surface area contributed by atoms with Gasteiger partial charge in [-0.25, -0.2) is 0 Å². The number of hydrogen-bond donors (Lipinski definition) is 1. The first kappa shape index (κ1) is 26.4. The van der Waals surface area contributed by atoms with Gasteiger partial charge in [-0.3, -0.25) is 4.99 Å². The number of hydrogen-bond acceptors (Lipinski definition) is 3. The molecule has 0 fully saturated rings. The predicted molar refractivity (Wildman–Crippen MR) is 136 cm³/mol. The number of thiophene rings is 1. The number of nitrogens with zero attached hydrogens (tertiary/aromatic N) is 1. The molecule has 3 heteroatoms. The Morgan fingerprint density at radius 1 is 0.862 bits per heavy atom. The van der Waals surface area contributed by atoms with E-state index in [1.807, 2.05) is 58.5 Å². The molecular weight excluding hydrogens is 372 g/mol. The van der Waals surface area contributed by atoms with Crippen LogP contribution in [0.15, 0.2) is 76.4 Å². The topological polar surface area (TPSA) is 38.4 Å². The normalized spacial score (nSPS) is 9.34. The van der Waals surface area contributed by atoms with E-state index in [9.17, 15) is 0 Å². The maximum atomic E-state index is 5.81. The standard InChI is InChI=1S/C18H16N2S.C4H8.2C2H6/c1-13-2-6-15(7-3-13)16-8-4-14(5-9-16)10-20-18-12-21-11-17(18)19;1-4(2)3;2*1-2/h2-12H,19H2,1H3;1H2,2-3H3;2*1-2H3. The molecule has 0 saturated heterocycles. The van der Waals surface area contributed by atoms with Crippen LogP contribution in [0.3, 0.4) is 0 Å². The summed E-state index contributed by atoms with van der Waals surface area (Å²) in [5, 5.41) is 3.85. The van der Waals surface area contributed by atoms with Gasteiger partial charge in [-0.2, -0.15) is 0 Å². The van der Waals surface area contributed by atoms with E-state index in [1.54, 1.807) is 11.3 Å². The first-order valence-corrected chi connectivity index (χ1v) is 11.0. The number of anilines is 1. The average molecular weight is 409 g/mol. The van der Waals surface area contributed by atoms with Gasteiger partial charge in [0.05, 0.1) is 11.4 Å². The molecule has 0 amide bonds. The number of nitrogens with two attached hydrogens (primary N) is 1. The van der Waals surface area contributed by atoms with Crippen LogP contribution in [0.1, 0.15) is 52.7 Å². The quantitative estimate of drug-likeness (QED) is 0.341. The number of allylic oxidation sites excluding steroid dienone is 1. The lowest BCUT2D eigenvalue weighted by molar-refractivity contribution is 1.42. The monoisotopic (exact) mass is 408 g/mol. The van der Waals surface area contributed by atoms with Crippen molar-refractivity contribution in [2.75, 3.05) is 5.73 Å². The van der Waals surface area contributed by atoms with Crippen molar-refractivity contribution in [1.29, 1.82) is 0 Å². The Balaban J connectivity index is 0.000000859. The summed E-state index contributed by atoms with van der Waals surface area (Å²) in [6.07, 6.45) is 1.84. The molecule has 3 aromatic rings. The zero-order valence-corrected chi connectivity index (χ0v) is 19.8. The van der Waals surface area contributed by atoms with Crippen molar-refractivity contribution in [3.8, 4) is 11.1 Å². The molecule has 0 aliphatic heterocycles. The number of nitrogen functional groups attached to an aromatic ring is 1. The van der Waals surface area contributed by atoms with Crippen molar-refractivity contribution in [2.24, 2.45) is 4.99 Å². The van der Waals surface area contributed by atoms with E-state index in [4.69, 9.17) is 5.73 Å². The van der Waals surface area contributed by atoms with Gasteiger partial charge in [-0.15, -0.1) is 17.9 Å². The minimum absolute atomic E-state index is 0.729. The molecule has 0 aliphatic carbocycles. The lowest BCUT2D eigenvalue weighted by Crippen LogP contribution is -1.84. The Labute approximate surface area is 181 Å². The van der Waals surface area contributed by atoms with Gasteiger partial charge in [-0.05, 0) is 37.5 Å². The Morgan fingerprint density at radius 2 is 1.31 bits per heavy atom. The SMILES string of the molecule is C=C(C)C.CC.CC.Cc1ccc(-c2ccc(C=Nc3cscc3N)cc2)cc1. The van der Waals surface area contributed by atoms with Crippen LogP contribution in [-0.4, -0.2) is 6.21 Å². The van der Waals surface area contributed by atoms with Crippen LogP contribution < -0.4 is 5.73 Å². The highest BCUT2D eigenvalue weighted by atomic mass is 32.1. The Hall–Kier alpha value is -2.65. The number of benzene rings is 2. The highest BCUT2D eigenvalue weighted by molar-refractivity contribution is 7.08. The second-order valence-electron chi connectivity index (χ2n) is 6.17. The van der Waals surface area contributed by atoms with E-state index in [-0.39, 0.29) is 0 Å². The first-order chi connectivity index (χ1) is 14.0. The average Bonchev–Trinajstić information content (AvgIpc) is 3.15. The fourth-order valence-electron chi connectivity index (χ4n) is 2.06. The lowest BCUT2D eigenvalue weighted by Gasteiger charge is -2.02. The molecule has 1 aromatic heterocycles. The molecule has 29 heavy (non-hydrogen) atoms. The van der Waals surface area contributed by atoms with Crippen molar-refractivity contribution < 1.29 is 0 Å². The smallest absolute Gasteiger partial charge is 0.0966 e. The molecule has 0 saturated carbocycles. The molecule has 0 atom stereocenters. The van der Waals surface area contributed by atoms with Crippen LogP contribution in [0, 0.1) is 6.92 Å². The fraction of sp³-hybridized carbons (Fsp3) is 0.269. The van der Waals surface area contributed by atoms with Crippen LogP contribution >= 0.6 is 11.3 Å². The molecule has 3 rings (SSSR count). The van der Waals surface area contributed by atoms with Gasteiger partial charge >= 0.3 is 0 Å². The molecule has 0 aliphatic rings. The third kappa shape index (κ3) is 10.5. The molecular formula is C26H36N2S. The highest BCUT2D eigenvalue weighted by Crippen LogP contribution is 2.26. The van der Waals surface area contributed by atoms with Crippen LogP contribution in [0.2, 0.25) is 0 Å². The molecule has 2 nitrogen and oxygen atoms in total. The Kier molecular flexibility index (Phi) is 13.9. The first-order valence-electron chi connectivity index (χ1n) is 10.1. The van der Waals surface area contributed by atoms with Gasteiger partial charge in [-0.1, -0.05) is 87.4 Å². The van der Waals surface area contributed by atoms with Gasteiger partial charge in [0, 0.05) is 17.0 Å². The van der Waals surface area contributed by atoms with E-state index in [0.717, 1.165) is 16.9 Å². The molecule has 0 unspecified atom stereocenters. The van der Waals surface area contributed by atoms with Gasteiger partial charge in [0.25, 0.3) is 0 Å². The fourth-order valence-corrected chi connectivity index (χ4v) is 2.72. The summed E-state index contributed by atoms with van der Waals surface area (Å²) in [5.74, 6) is 0. The molecule has 2 aromatic carbocycles. The van der Waals surface area contributed by atoms with Crippen LogP contribution in [0.5, 0.6) is 0 Å². The summed E-state index contributed by atoms with van der Waals surface area (Å²) >= 11 is 1.56.